The summed E-state index contributed by atoms with van der Waals surface area (Å²) in [5.41, 5.74) is 4.52. The van der Waals surface area contributed by atoms with E-state index in [9.17, 15) is 9.59 Å². The van der Waals surface area contributed by atoms with Crippen LogP contribution in [0.15, 0.2) is 57.9 Å². The number of carbonyl (C=O) groups is 1. The number of aryl methyl sites for hydroxylation is 2. The normalized spacial score (nSPS) is 11.2. The summed E-state index contributed by atoms with van der Waals surface area (Å²) in [5.74, 6) is -0.0905. The first kappa shape index (κ1) is 16.1. The summed E-state index contributed by atoms with van der Waals surface area (Å²) < 4.78 is 5.24. The SMILES string of the molecule is Cc1cc2oc(=O)cc(C)c2cc1NC(=O)Cc1c[nH]c2ccccc12. The van der Waals surface area contributed by atoms with Gasteiger partial charge in [0.25, 0.3) is 0 Å². The lowest BCUT2D eigenvalue weighted by Gasteiger charge is -2.10. The number of H-pyrrole nitrogens is 1. The van der Waals surface area contributed by atoms with Crippen molar-refractivity contribution in [3.8, 4) is 0 Å². The Balaban J connectivity index is 1.63. The second kappa shape index (κ2) is 6.19. The van der Waals surface area contributed by atoms with Crippen molar-refractivity contribution >= 4 is 33.5 Å². The molecular weight excluding hydrogens is 328 g/mol. The number of para-hydroxylation sites is 1. The summed E-state index contributed by atoms with van der Waals surface area (Å²) in [5, 5.41) is 4.84. The maximum atomic E-state index is 12.6. The summed E-state index contributed by atoms with van der Waals surface area (Å²) in [6.07, 6.45) is 2.15. The Morgan fingerprint density at radius 3 is 2.73 bits per heavy atom. The summed E-state index contributed by atoms with van der Waals surface area (Å²) in [6, 6.07) is 13.0. The quantitative estimate of drug-likeness (QED) is 0.549. The van der Waals surface area contributed by atoms with Gasteiger partial charge in [-0.1, -0.05) is 18.2 Å². The number of nitrogens with one attached hydrogen (secondary N) is 2. The highest BCUT2D eigenvalue weighted by Gasteiger charge is 2.12. The lowest BCUT2D eigenvalue weighted by atomic mass is 10.1. The Kier molecular flexibility index (Phi) is 3.84. The first-order valence-corrected chi connectivity index (χ1v) is 8.41. The van der Waals surface area contributed by atoms with E-state index in [1.165, 1.54) is 6.07 Å². The Hall–Kier alpha value is -3.34. The van der Waals surface area contributed by atoms with Crippen LogP contribution >= 0.6 is 0 Å². The van der Waals surface area contributed by atoms with Gasteiger partial charge in [0.05, 0.1) is 6.42 Å². The van der Waals surface area contributed by atoms with Crippen LogP contribution in [-0.2, 0) is 11.2 Å². The van der Waals surface area contributed by atoms with Gasteiger partial charge < -0.3 is 14.7 Å². The fraction of sp³-hybridized carbons (Fsp3) is 0.143. The van der Waals surface area contributed by atoms with Crippen LogP contribution in [-0.4, -0.2) is 10.9 Å². The van der Waals surface area contributed by atoms with Gasteiger partial charge in [-0.3, -0.25) is 4.79 Å². The number of aromatic nitrogens is 1. The monoisotopic (exact) mass is 346 g/mol. The lowest BCUT2D eigenvalue weighted by molar-refractivity contribution is -0.115. The fourth-order valence-electron chi connectivity index (χ4n) is 3.25. The number of carbonyl (C=O) groups excluding carboxylic acids is 1. The molecule has 2 aromatic heterocycles. The van der Waals surface area contributed by atoms with Crippen molar-refractivity contribution in [2.75, 3.05) is 5.32 Å². The molecule has 5 heteroatoms. The second-order valence-electron chi connectivity index (χ2n) is 6.50. The molecule has 0 aliphatic heterocycles. The van der Waals surface area contributed by atoms with Crippen molar-refractivity contribution in [3.05, 3.63) is 75.8 Å². The minimum Gasteiger partial charge on any atom is -0.423 e. The first-order chi connectivity index (χ1) is 12.5. The average Bonchev–Trinajstić information content (AvgIpc) is 2.99. The van der Waals surface area contributed by atoms with Gasteiger partial charge in [-0.25, -0.2) is 4.79 Å². The predicted molar refractivity (Wildman–Crippen MR) is 103 cm³/mol. The zero-order valence-corrected chi connectivity index (χ0v) is 14.6. The molecule has 0 aliphatic rings. The molecule has 2 heterocycles. The van der Waals surface area contributed by atoms with Crippen LogP contribution < -0.4 is 10.9 Å². The zero-order chi connectivity index (χ0) is 18.3. The van der Waals surface area contributed by atoms with Gasteiger partial charge in [0.1, 0.15) is 5.58 Å². The third-order valence-electron chi connectivity index (χ3n) is 4.60. The molecule has 0 atom stereocenters. The van der Waals surface area contributed by atoms with Crippen LogP contribution in [0, 0.1) is 13.8 Å². The van der Waals surface area contributed by atoms with Crippen molar-refractivity contribution < 1.29 is 9.21 Å². The molecule has 2 N–H and O–H groups in total. The highest BCUT2D eigenvalue weighted by atomic mass is 16.4. The zero-order valence-electron chi connectivity index (χ0n) is 14.6. The molecule has 5 nitrogen and oxygen atoms in total. The van der Waals surface area contributed by atoms with Crippen LogP contribution in [0.3, 0.4) is 0 Å². The van der Waals surface area contributed by atoms with Crippen molar-refractivity contribution in [1.29, 1.82) is 0 Å². The van der Waals surface area contributed by atoms with E-state index in [-0.39, 0.29) is 18.0 Å². The van der Waals surface area contributed by atoms with Gasteiger partial charge in [-0.2, -0.15) is 0 Å². The molecule has 130 valence electrons. The molecule has 0 saturated heterocycles. The maximum Gasteiger partial charge on any atom is 0.336 e. The van der Waals surface area contributed by atoms with Crippen molar-refractivity contribution in [2.45, 2.75) is 20.3 Å². The van der Waals surface area contributed by atoms with E-state index in [0.717, 1.165) is 38.7 Å². The molecular formula is C21H18N2O3. The first-order valence-electron chi connectivity index (χ1n) is 8.41. The molecule has 0 aliphatic carbocycles. The standard InChI is InChI=1S/C21H18N2O3/c1-12-8-21(25)26-19-7-13(2)18(10-16(12)19)23-20(24)9-14-11-22-17-6-4-3-5-15(14)17/h3-8,10-11,22H,9H2,1-2H3,(H,23,24). The van der Waals surface area contributed by atoms with E-state index in [1.807, 2.05) is 50.4 Å². The van der Waals surface area contributed by atoms with Crippen molar-refractivity contribution in [1.82, 2.24) is 4.98 Å². The smallest absolute Gasteiger partial charge is 0.336 e. The third kappa shape index (κ3) is 2.88. The summed E-state index contributed by atoms with van der Waals surface area (Å²) in [4.78, 5) is 27.3. The van der Waals surface area contributed by atoms with Crippen LogP contribution in [0.5, 0.6) is 0 Å². The number of benzene rings is 2. The molecule has 4 rings (SSSR count). The Bertz CT molecular complexity index is 1200. The van der Waals surface area contributed by atoms with E-state index in [1.54, 1.807) is 6.07 Å². The van der Waals surface area contributed by atoms with Crippen molar-refractivity contribution in [2.24, 2.45) is 0 Å². The molecule has 0 fully saturated rings. The summed E-state index contributed by atoms with van der Waals surface area (Å²) in [6.45, 7) is 3.73. The third-order valence-corrected chi connectivity index (χ3v) is 4.60. The largest absolute Gasteiger partial charge is 0.423 e. The number of aromatic amines is 1. The van der Waals surface area contributed by atoms with Crippen LogP contribution in [0.1, 0.15) is 16.7 Å². The molecule has 0 saturated carbocycles. The van der Waals surface area contributed by atoms with Gasteiger partial charge in [-0.15, -0.1) is 0 Å². The van der Waals surface area contributed by atoms with Crippen molar-refractivity contribution in [3.63, 3.8) is 0 Å². The van der Waals surface area contributed by atoms with Crippen LogP contribution in [0.25, 0.3) is 21.9 Å². The maximum absolute atomic E-state index is 12.6. The molecule has 1 amide bonds. The van der Waals surface area contributed by atoms with E-state index in [2.05, 4.69) is 10.3 Å². The minimum absolute atomic E-state index is 0.0905. The topological polar surface area (TPSA) is 75.1 Å². The van der Waals surface area contributed by atoms with Gasteiger partial charge in [0, 0.05) is 34.2 Å². The second-order valence-corrected chi connectivity index (χ2v) is 6.50. The lowest BCUT2D eigenvalue weighted by Crippen LogP contribution is -2.15. The summed E-state index contributed by atoms with van der Waals surface area (Å²) >= 11 is 0. The predicted octanol–water partition coefficient (Wildman–Crippen LogP) is 4.07. The Labute approximate surface area is 149 Å². The van der Waals surface area contributed by atoms with Gasteiger partial charge in [-0.05, 0) is 48.7 Å². The molecule has 0 bridgehead atoms. The number of rotatable bonds is 3. The number of hydrogen-bond donors (Lipinski definition) is 2. The minimum atomic E-state index is -0.370. The fourth-order valence-corrected chi connectivity index (χ4v) is 3.25. The highest BCUT2D eigenvalue weighted by molar-refractivity contribution is 5.98. The van der Waals surface area contributed by atoms with Gasteiger partial charge >= 0.3 is 5.63 Å². The number of amides is 1. The molecule has 4 aromatic rings. The van der Waals surface area contributed by atoms with Crippen LogP contribution in [0.4, 0.5) is 5.69 Å². The number of fused-ring (bicyclic) bond motifs is 2. The highest BCUT2D eigenvalue weighted by Crippen LogP contribution is 2.25. The molecule has 0 spiro atoms. The van der Waals surface area contributed by atoms with Crippen LogP contribution in [0.2, 0.25) is 0 Å². The van der Waals surface area contributed by atoms with E-state index in [0.29, 0.717) is 5.58 Å². The van der Waals surface area contributed by atoms with Gasteiger partial charge in [0.2, 0.25) is 5.91 Å². The average molecular weight is 346 g/mol. The Morgan fingerprint density at radius 2 is 1.88 bits per heavy atom. The van der Waals surface area contributed by atoms with E-state index in [4.69, 9.17) is 4.42 Å². The molecule has 0 radical (unpaired) electrons. The summed E-state index contributed by atoms with van der Waals surface area (Å²) in [7, 11) is 0. The number of anilines is 1. The van der Waals surface area contributed by atoms with E-state index >= 15 is 0 Å². The Morgan fingerprint density at radius 1 is 1.08 bits per heavy atom. The molecule has 2 aromatic carbocycles. The van der Waals surface area contributed by atoms with Gasteiger partial charge in [0.15, 0.2) is 0 Å². The molecule has 26 heavy (non-hydrogen) atoms. The van der Waals surface area contributed by atoms with E-state index < -0.39 is 0 Å². The number of hydrogen-bond acceptors (Lipinski definition) is 3. The molecule has 0 unspecified atom stereocenters.